The molecule has 4 bridgehead atoms. The molecular formula is C22H30O5. The van der Waals surface area contributed by atoms with Crippen molar-refractivity contribution in [3.63, 3.8) is 0 Å². The van der Waals surface area contributed by atoms with Crippen molar-refractivity contribution < 1.29 is 24.2 Å². The number of cyclic esters (lactones) is 1. The fraction of sp³-hybridized carbons (Fsp3) is 0.818. The Balaban J connectivity index is 1.12. The van der Waals surface area contributed by atoms with Crippen molar-refractivity contribution in [1.29, 1.82) is 0 Å². The molecule has 0 radical (unpaired) electrons. The molecule has 9 atom stereocenters. The van der Waals surface area contributed by atoms with Crippen LogP contribution in [0.15, 0.2) is 12.2 Å². The van der Waals surface area contributed by atoms with Crippen LogP contribution in [0.25, 0.3) is 0 Å². The molecule has 5 heteroatoms. The van der Waals surface area contributed by atoms with Gasteiger partial charge in [-0.15, -0.1) is 0 Å². The first kappa shape index (κ1) is 17.7. The van der Waals surface area contributed by atoms with Gasteiger partial charge >= 0.3 is 11.9 Å². The Bertz CT molecular complexity index is 643. The lowest BCUT2D eigenvalue weighted by molar-refractivity contribution is -0.157. The number of allylic oxidation sites excluding steroid dienone is 2. The van der Waals surface area contributed by atoms with E-state index >= 15 is 0 Å². The lowest BCUT2D eigenvalue weighted by atomic mass is 9.69. The average Bonchev–Trinajstić information content (AvgIpc) is 3.39. The van der Waals surface area contributed by atoms with Crippen molar-refractivity contribution in [1.82, 2.24) is 0 Å². The van der Waals surface area contributed by atoms with Crippen LogP contribution in [0.1, 0.15) is 51.4 Å². The Morgan fingerprint density at radius 1 is 1.19 bits per heavy atom. The van der Waals surface area contributed by atoms with Crippen LogP contribution in [-0.2, 0) is 19.1 Å². The lowest BCUT2D eigenvalue weighted by Crippen LogP contribution is -2.36. The molecule has 148 valence electrons. The van der Waals surface area contributed by atoms with Gasteiger partial charge < -0.3 is 14.6 Å². The molecule has 9 unspecified atom stereocenters. The normalized spacial score (nSPS) is 45.4. The lowest BCUT2D eigenvalue weighted by Gasteiger charge is -2.35. The number of fused-ring (bicyclic) bond motifs is 9. The zero-order valence-electron chi connectivity index (χ0n) is 15.8. The van der Waals surface area contributed by atoms with E-state index in [2.05, 4.69) is 12.2 Å². The zero-order valence-corrected chi connectivity index (χ0v) is 15.8. The smallest absolute Gasteiger partial charge is 0.309 e. The van der Waals surface area contributed by atoms with Gasteiger partial charge in [0.25, 0.3) is 0 Å². The number of rotatable bonds is 5. The summed E-state index contributed by atoms with van der Waals surface area (Å²) in [6.45, 7) is 0.0147. The van der Waals surface area contributed by atoms with Gasteiger partial charge in [-0.2, -0.15) is 0 Å². The number of aliphatic hydroxyl groups is 1. The molecule has 27 heavy (non-hydrogen) atoms. The third kappa shape index (κ3) is 3.12. The van der Waals surface area contributed by atoms with Crippen LogP contribution in [0.5, 0.6) is 0 Å². The number of hydrogen-bond donors (Lipinski definition) is 1. The summed E-state index contributed by atoms with van der Waals surface area (Å²) >= 11 is 0. The zero-order chi connectivity index (χ0) is 18.5. The molecule has 3 saturated carbocycles. The SMILES string of the molecule is O=C1CCCCC(CC(O)COC(=O)C2CC3CC2C2C4C=CC(C4)C32)O1. The number of carbonyl (C=O) groups excluding carboxylic acids is 2. The quantitative estimate of drug-likeness (QED) is 0.455. The Labute approximate surface area is 160 Å². The summed E-state index contributed by atoms with van der Waals surface area (Å²) in [5.74, 6) is 3.82. The minimum atomic E-state index is -0.762. The highest BCUT2D eigenvalue weighted by atomic mass is 16.6. The van der Waals surface area contributed by atoms with Crippen molar-refractivity contribution >= 4 is 11.9 Å². The minimum Gasteiger partial charge on any atom is -0.463 e. The van der Waals surface area contributed by atoms with Gasteiger partial charge in [-0.05, 0) is 74.0 Å². The Hall–Kier alpha value is -1.36. The molecule has 1 N–H and O–H groups in total. The predicted molar refractivity (Wildman–Crippen MR) is 97.4 cm³/mol. The molecule has 0 aromatic rings. The van der Waals surface area contributed by atoms with E-state index in [4.69, 9.17) is 9.47 Å². The predicted octanol–water partition coefficient (Wildman–Crippen LogP) is 2.86. The molecule has 1 saturated heterocycles. The third-order valence-electron chi connectivity index (χ3n) is 7.98. The summed E-state index contributed by atoms with van der Waals surface area (Å²) in [5.41, 5.74) is 0. The first-order valence-electron chi connectivity index (χ1n) is 10.8. The number of esters is 2. The van der Waals surface area contributed by atoms with Gasteiger partial charge in [0.05, 0.1) is 12.0 Å². The highest BCUT2D eigenvalue weighted by Crippen LogP contribution is 2.67. The maximum atomic E-state index is 12.7. The molecule has 4 aliphatic carbocycles. The van der Waals surface area contributed by atoms with E-state index in [1.165, 1.54) is 12.8 Å². The van der Waals surface area contributed by atoms with E-state index in [0.717, 1.165) is 37.5 Å². The van der Waals surface area contributed by atoms with Crippen LogP contribution in [0, 0.1) is 41.4 Å². The highest BCUT2D eigenvalue weighted by Gasteiger charge is 2.62. The standard InChI is InChI=1S/C22H30O5/c23-15(10-16-3-1-2-4-19(24)27-16)11-26-22(25)18-9-14-8-17(18)21-13-6-5-12(7-13)20(14)21/h5-6,12-18,20-21,23H,1-4,7-11H2. The maximum Gasteiger partial charge on any atom is 0.309 e. The second-order valence-electron chi connectivity index (χ2n) is 9.48. The minimum absolute atomic E-state index is 0.0147. The summed E-state index contributed by atoms with van der Waals surface area (Å²) in [7, 11) is 0. The second-order valence-corrected chi connectivity index (χ2v) is 9.48. The van der Waals surface area contributed by atoms with Gasteiger partial charge in [0.1, 0.15) is 12.7 Å². The van der Waals surface area contributed by atoms with E-state index in [-0.39, 0.29) is 30.6 Å². The third-order valence-corrected chi connectivity index (χ3v) is 7.98. The summed E-state index contributed by atoms with van der Waals surface area (Å²) in [5, 5.41) is 10.3. The van der Waals surface area contributed by atoms with Gasteiger partial charge in [0.2, 0.25) is 0 Å². The molecule has 1 aliphatic heterocycles. The van der Waals surface area contributed by atoms with Gasteiger partial charge in [-0.25, -0.2) is 0 Å². The Kier molecular flexibility index (Phi) is 4.53. The fourth-order valence-electron chi connectivity index (χ4n) is 7.06. The van der Waals surface area contributed by atoms with Gasteiger partial charge in [-0.1, -0.05) is 12.2 Å². The van der Waals surface area contributed by atoms with Crippen LogP contribution < -0.4 is 0 Å². The fourth-order valence-corrected chi connectivity index (χ4v) is 7.06. The van der Waals surface area contributed by atoms with Crippen molar-refractivity contribution in [2.45, 2.75) is 63.6 Å². The molecule has 0 aromatic carbocycles. The molecule has 4 fully saturated rings. The van der Waals surface area contributed by atoms with Crippen LogP contribution >= 0.6 is 0 Å². The molecule has 0 spiro atoms. The largest absolute Gasteiger partial charge is 0.463 e. The van der Waals surface area contributed by atoms with E-state index in [0.29, 0.717) is 36.5 Å². The topological polar surface area (TPSA) is 72.8 Å². The van der Waals surface area contributed by atoms with Crippen molar-refractivity contribution in [3.05, 3.63) is 12.2 Å². The van der Waals surface area contributed by atoms with Crippen LogP contribution in [0.4, 0.5) is 0 Å². The van der Waals surface area contributed by atoms with E-state index < -0.39 is 6.10 Å². The van der Waals surface area contributed by atoms with Crippen LogP contribution in [0.3, 0.4) is 0 Å². The van der Waals surface area contributed by atoms with Gasteiger partial charge in [0.15, 0.2) is 0 Å². The number of carbonyl (C=O) groups is 2. The van der Waals surface area contributed by atoms with E-state index in [9.17, 15) is 14.7 Å². The molecule has 5 rings (SSSR count). The van der Waals surface area contributed by atoms with E-state index in [1.807, 2.05) is 0 Å². The molecular weight excluding hydrogens is 344 g/mol. The molecule has 1 heterocycles. The first-order chi connectivity index (χ1) is 13.1. The molecule has 5 nitrogen and oxygen atoms in total. The van der Waals surface area contributed by atoms with Gasteiger partial charge in [0, 0.05) is 12.8 Å². The highest BCUT2D eigenvalue weighted by molar-refractivity contribution is 5.73. The summed E-state index contributed by atoms with van der Waals surface area (Å²) in [6, 6.07) is 0. The second kappa shape index (κ2) is 6.91. The van der Waals surface area contributed by atoms with E-state index in [1.54, 1.807) is 0 Å². The molecule has 5 aliphatic rings. The Morgan fingerprint density at radius 2 is 2.00 bits per heavy atom. The molecule has 0 amide bonds. The molecule has 0 aromatic heterocycles. The van der Waals surface area contributed by atoms with Crippen molar-refractivity contribution in [2.24, 2.45) is 41.4 Å². The van der Waals surface area contributed by atoms with Crippen LogP contribution in [0.2, 0.25) is 0 Å². The van der Waals surface area contributed by atoms with Gasteiger partial charge in [-0.3, -0.25) is 9.59 Å². The summed E-state index contributed by atoms with van der Waals surface area (Å²) in [6.07, 6.45) is 10.6. The van der Waals surface area contributed by atoms with Crippen molar-refractivity contribution in [2.75, 3.05) is 6.61 Å². The Morgan fingerprint density at radius 3 is 2.85 bits per heavy atom. The summed E-state index contributed by atoms with van der Waals surface area (Å²) < 4.78 is 10.9. The van der Waals surface area contributed by atoms with Crippen molar-refractivity contribution in [3.8, 4) is 0 Å². The van der Waals surface area contributed by atoms with Crippen LogP contribution in [-0.4, -0.2) is 35.9 Å². The monoisotopic (exact) mass is 374 g/mol. The number of ether oxygens (including phenoxy) is 2. The number of aliphatic hydroxyl groups excluding tert-OH is 1. The average molecular weight is 374 g/mol. The summed E-state index contributed by atoms with van der Waals surface area (Å²) in [4.78, 5) is 24.2. The first-order valence-corrected chi connectivity index (χ1v) is 10.8. The number of hydrogen-bond acceptors (Lipinski definition) is 5. The maximum absolute atomic E-state index is 12.7.